The minimum atomic E-state index is -3.32. The monoisotopic (exact) mass is 450 g/mol. The third-order valence-corrected chi connectivity index (χ3v) is 4.97. The molecule has 2 aromatic heterocycles. The number of fused-ring (bicyclic) bond motifs is 3. The lowest BCUT2D eigenvalue weighted by Gasteiger charge is -2.14. The van der Waals surface area contributed by atoms with Crippen LogP contribution in [-0.2, 0) is 9.53 Å². The van der Waals surface area contributed by atoms with E-state index in [9.17, 15) is 13.6 Å². The second kappa shape index (κ2) is 10.5. The fourth-order valence-electron chi connectivity index (χ4n) is 3.16. The van der Waals surface area contributed by atoms with Crippen LogP contribution >= 0.6 is 0 Å². The second-order valence-corrected chi connectivity index (χ2v) is 7.31. The van der Waals surface area contributed by atoms with Crippen molar-refractivity contribution in [2.24, 2.45) is 0 Å². The van der Waals surface area contributed by atoms with Crippen molar-refractivity contribution < 1.29 is 23.0 Å². The van der Waals surface area contributed by atoms with Gasteiger partial charge in [0.2, 0.25) is 5.65 Å². The molecule has 0 radical (unpaired) electrons. The smallest absolute Gasteiger partial charge is 0.324 e. The molecule has 174 valence electrons. The first-order chi connectivity index (χ1) is 15.4. The number of hydrogen-bond donors (Lipinski definition) is 2. The maximum atomic E-state index is 13.3. The molecule has 0 bridgehead atoms. The molecule has 0 aliphatic heterocycles. The van der Waals surface area contributed by atoms with E-state index in [2.05, 4.69) is 25.8 Å². The summed E-state index contributed by atoms with van der Waals surface area (Å²) in [5.74, 6) is -2.58. The number of amides is 1. The highest BCUT2D eigenvalue weighted by Gasteiger charge is 2.35. The van der Waals surface area contributed by atoms with Gasteiger partial charge in [-0.1, -0.05) is 6.92 Å². The highest BCUT2D eigenvalue weighted by atomic mass is 19.3. The fourth-order valence-corrected chi connectivity index (χ4v) is 3.16. The molecule has 0 aliphatic carbocycles. The summed E-state index contributed by atoms with van der Waals surface area (Å²) in [5, 5.41) is 13.9. The zero-order chi connectivity index (χ0) is 23.1. The molecule has 2 heterocycles. The van der Waals surface area contributed by atoms with Gasteiger partial charge < -0.3 is 20.1 Å². The first-order valence-corrected chi connectivity index (χ1v) is 10.5. The van der Waals surface area contributed by atoms with Gasteiger partial charge in [0.1, 0.15) is 18.2 Å². The Bertz CT molecular complexity index is 1070. The Hall–Kier alpha value is -3.08. The number of aromatic nitrogens is 4. The molecule has 32 heavy (non-hydrogen) atoms. The summed E-state index contributed by atoms with van der Waals surface area (Å²) in [7, 11) is 1.61. The molecule has 11 heteroatoms. The van der Waals surface area contributed by atoms with Gasteiger partial charge >= 0.3 is 5.92 Å². The fraction of sp³-hybridized carbons (Fsp3) is 0.524. The largest absolute Gasteiger partial charge is 0.491 e. The number of rotatable bonds is 12. The first-order valence-electron chi connectivity index (χ1n) is 10.5. The normalized spacial score (nSPS) is 11.8. The molecule has 0 fully saturated rings. The molecule has 0 aliphatic rings. The van der Waals surface area contributed by atoms with E-state index in [0.29, 0.717) is 55.3 Å². The third kappa shape index (κ3) is 5.39. The Morgan fingerprint density at radius 3 is 2.72 bits per heavy atom. The van der Waals surface area contributed by atoms with Crippen LogP contribution < -0.4 is 15.4 Å². The van der Waals surface area contributed by atoms with Gasteiger partial charge in [-0.2, -0.15) is 8.78 Å². The number of carbonyl (C=O) groups excluding carboxylic acids is 1. The number of hydrogen-bond acceptors (Lipinski definition) is 7. The van der Waals surface area contributed by atoms with Gasteiger partial charge in [-0.05, 0) is 31.9 Å². The lowest BCUT2D eigenvalue weighted by atomic mass is 10.2. The molecule has 3 rings (SSSR count). The Balaban J connectivity index is 1.65. The van der Waals surface area contributed by atoms with Gasteiger partial charge in [0.25, 0.3) is 5.91 Å². The number of alkyl halides is 2. The van der Waals surface area contributed by atoms with Crippen LogP contribution in [0.15, 0.2) is 18.2 Å². The summed E-state index contributed by atoms with van der Waals surface area (Å²) < 4.78 is 39.2. The highest BCUT2D eigenvalue weighted by molar-refractivity contribution is 5.84. The Labute approximate surface area is 184 Å². The number of unbranched alkanes of at least 4 members (excludes halogenated alkanes) is 1. The van der Waals surface area contributed by atoms with E-state index in [1.807, 2.05) is 29.5 Å². The Kier molecular flexibility index (Phi) is 7.73. The van der Waals surface area contributed by atoms with Gasteiger partial charge in [-0.15, -0.1) is 10.2 Å². The van der Waals surface area contributed by atoms with E-state index in [1.165, 1.54) is 6.92 Å². The average molecular weight is 450 g/mol. The number of nitrogens with zero attached hydrogens (tertiary/aromatic N) is 4. The van der Waals surface area contributed by atoms with Crippen molar-refractivity contribution in [1.29, 1.82) is 0 Å². The van der Waals surface area contributed by atoms with E-state index in [1.54, 1.807) is 7.11 Å². The standard InChI is InChI=1S/C21H28F2N6O3/c1-4-21(22,23)20(30)25-10-6-5-9-24-18-19-28-27-14(2)29(19)17-8-7-15(13-16(17)26-18)32-12-11-31-3/h7-8,13H,4-6,9-12H2,1-3H3,(H,24,26)(H,25,30). The molecule has 1 amide bonds. The van der Waals surface area contributed by atoms with Crippen LogP contribution in [0.5, 0.6) is 5.75 Å². The van der Waals surface area contributed by atoms with Crippen molar-refractivity contribution in [2.45, 2.75) is 39.0 Å². The van der Waals surface area contributed by atoms with E-state index in [0.717, 1.165) is 11.3 Å². The Morgan fingerprint density at radius 1 is 1.19 bits per heavy atom. The van der Waals surface area contributed by atoms with E-state index in [-0.39, 0.29) is 6.54 Å². The number of anilines is 1. The number of halogens is 2. The zero-order valence-electron chi connectivity index (χ0n) is 18.5. The lowest BCUT2D eigenvalue weighted by Crippen LogP contribution is -2.40. The van der Waals surface area contributed by atoms with Crippen molar-refractivity contribution in [3.63, 3.8) is 0 Å². The van der Waals surface area contributed by atoms with Gasteiger partial charge in [0, 0.05) is 32.7 Å². The van der Waals surface area contributed by atoms with Crippen molar-refractivity contribution in [3.05, 3.63) is 24.0 Å². The number of carbonyl (C=O) groups is 1. The van der Waals surface area contributed by atoms with Crippen LogP contribution in [0.25, 0.3) is 16.7 Å². The van der Waals surface area contributed by atoms with Gasteiger partial charge in [0.15, 0.2) is 5.82 Å². The summed E-state index contributed by atoms with van der Waals surface area (Å²) in [6, 6.07) is 5.62. The van der Waals surface area contributed by atoms with Crippen molar-refractivity contribution in [2.75, 3.05) is 38.7 Å². The summed E-state index contributed by atoms with van der Waals surface area (Å²) in [4.78, 5) is 16.1. The van der Waals surface area contributed by atoms with Crippen molar-refractivity contribution >= 4 is 28.4 Å². The van der Waals surface area contributed by atoms with Crippen LogP contribution in [0.3, 0.4) is 0 Å². The Morgan fingerprint density at radius 2 is 1.97 bits per heavy atom. The van der Waals surface area contributed by atoms with Gasteiger partial charge in [-0.3, -0.25) is 9.20 Å². The number of benzene rings is 1. The number of nitrogens with one attached hydrogen (secondary N) is 2. The molecule has 0 unspecified atom stereocenters. The molecule has 0 atom stereocenters. The van der Waals surface area contributed by atoms with Crippen molar-refractivity contribution in [3.8, 4) is 5.75 Å². The van der Waals surface area contributed by atoms with Crippen LogP contribution in [0, 0.1) is 6.92 Å². The van der Waals surface area contributed by atoms with Gasteiger partial charge in [-0.25, -0.2) is 4.98 Å². The maximum Gasteiger partial charge on any atom is 0.324 e. The summed E-state index contributed by atoms with van der Waals surface area (Å²) in [5.41, 5.74) is 2.16. The second-order valence-electron chi connectivity index (χ2n) is 7.31. The molecule has 0 saturated heterocycles. The SMILES string of the molecule is CCC(F)(F)C(=O)NCCCCNc1nc2cc(OCCOC)ccc2n2c(C)nnc12. The molecule has 1 aromatic carbocycles. The summed E-state index contributed by atoms with van der Waals surface area (Å²) in [6.07, 6.45) is 0.684. The van der Waals surface area contributed by atoms with Crippen LogP contribution in [-0.4, -0.2) is 64.8 Å². The van der Waals surface area contributed by atoms with E-state index >= 15 is 0 Å². The summed E-state index contributed by atoms with van der Waals surface area (Å²) in [6.45, 7) is 4.77. The predicted molar refractivity (Wildman–Crippen MR) is 116 cm³/mol. The van der Waals surface area contributed by atoms with E-state index < -0.39 is 18.3 Å². The van der Waals surface area contributed by atoms with Crippen molar-refractivity contribution in [1.82, 2.24) is 24.9 Å². The maximum absolute atomic E-state index is 13.3. The third-order valence-electron chi connectivity index (χ3n) is 4.97. The minimum absolute atomic E-state index is 0.183. The highest BCUT2D eigenvalue weighted by Crippen LogP contribution is 2.25. The average Bonchev–Trinajstić information content (AvgIpc) is 3.17. The number of ether oxygens (including phenoxy) is 2. The van der Waals surface area contributed by atoms with E-state index in [4.69, 9.17) is 9.47 Å². The zero-order valence-corrected chi connectivity index (χ0v) is 18.5. The predicted octanol–water partition coefficient (Wildman–Crippen LogP) is 2.96. The van der Waals surface area contributed by atoms with Crippen LogP contribution in [0.4, 0.5) is 14.6 Å². The number of methoxy groups -OCH3 is 1. The minimum Gasteiger partial charge on any atom is -0.491 e. The lowest BCUT2D eigenvalue weighted by molar-refractivity contribution is -0.145. The topological polar surface area (TPSA) is 103 Å². The molecule has 3 aromatic rings. The molecule has 0 saturated carbocycles. The summed E-state index contributed by atoms with van der Waals surface area (Å²) >= 11 is 0. The number of aryl methyl sites for hydroxylation is 1. The van der Waals surface area contributed by atoms with Crippen LogP contribution in [0.2, 0.25) is 0 Å². The molecule has 0 spiro atoms. The van der Waals surface area contributed by atoms with Crippen LogP contribution in [0.1, 0.15) is 32.0 Å². The molecular formula is C21H28F2N6O3. The molecule has 2 N–H and O–H groups in total. The van der Waals surface area contributed by atoms with Gasteiger partial charge in [0.05, 0.1) is 17.6 Å². The molecule has 9 nitrogen and oxygen atoms in total. The molecular weight excluding hydrogens is 422 g/mol. The quantitative estimate of drug-likeness (QED) is 0.409. The first kappa shape index (κ1) is 23.6.